The van der Waals surface area contributed by atoms with Crippen molar-refractivity contribution in [2.24, 2.45) is 5.84 Å². The number of methoxy groups -OCH3 is 3. The average molecular weight is 296 g/mol. The van der Waals surface area contributed by atoms with Gasteiger partial charge in [-0.15, -0.1) is 0 Å². The maximum atomic E-state index is 5.83. The molecule has 1 aromatic carbocycles. The minimum absolute atomic E-state index is 0.171. The van der Waals surface area contributed by atoms with E-state index in [9.17, 15) is 0 Å². The normalized spacial score (nSPS) is 19.0. The van der Waals surface area contributed by atoms with Gasteiger partial charge in [0.2, 0.25) is 0 Å². The molecule has 0 saturated carbocycles. The maximum Gasteiger partial charge on any atom is 0.122 e. The molecule has 21 heavy (non-hydrogen) atoms. The molecule has 118 valence electrons. The largest absolute Gasteiger partial charge is 0.497 e. The first-order chi connectivity index (χ1) is 10.2. The summed E-state index contributed by atoms with van der Waals surface area (Å²) < 4.78 is 21.9. The Bertz CT molecular complexity index is 439. The molecule has 0 aliphatic carbocycles. The molecule has 0 amide bonds. The number of nitrogens with two attached hydrogens (primary N) is 1. The van der Waals surface area contributed by atoms with E-state index in [1.54, 1.807) is 21.3 Å². The maximum absolute atomic E-state index is 5.83. The number of benzene rings is 1. The Morgan fingerprint density at radius 1 is 1.10 bits per heavy atom. The van der Waals surface area contributed by atoms with Crippen LogP contribution in [0.25, 0.3) is 0 Å². The van der Waals surface area contributed by atoms with E-state index in [1.165, 1.54) is 0 Å². The zero-order valence-electron chi connectivity index (χ0n) is 12.8. The van der Waals surface area contributed by atoms with Gasteiger partial charge >= 0.3 is 0 Å². The van der Waals surface area contributed by atoms with Gasteiger partial charge in [0.05, 0.1) is 25.9 Å². The Morgan fingerprint density at radius 3 is 2.10 bits per heavy atom. The lowest BCUT2D eigenvalue weighted by Crippen LogP contribution is -2.51. The SMILES string of the molecule is COc1cc(OC)cc(C(NN)C2(OC)CCOCC2)c1. The fourth-order valence-corrected chi connectivity index (χ4v) is 2.88. The van der Waals surface area contributed by atoms with E-state index in [4.69, 9.17) is 24.8 Å². The van der Waals surface area contributed by atoms with Gasteiger partial charge in [0, 0.05) is 39.2 Å². The van der Waals surface area contributed by atoms with Crippen molar-refractivity contribution in [1.29, 1.82) is 0 Å². The molecule has 0 spiro atoms. The molecule has 6 heteroatoms. The Kier molecular flexibility index (Phi) is 5.41. The smallest absolute Gasteiger partial charge is 0.122 e. The lowest BCUT2D eigenvalue weighted by atomic mass is 9.82. The second-order valence-corrected chi connectivity index (χ2v) is 5.13. The summed E-state index contributed by atoms with van der Waals surface area (Å²) >= 11 is 0. The molecule has 1 aromatic rings. The Balaban J connectivity index is 2.39. The Labute approximate surface area is 125 Å². The van der Waals surface area contributed by atoms with Crippen molar-refractivity contribution in [3.63, 3.8) is 0 Å². The molecule has 1 aliphatic rings. The second kappa shape index (κ2) is 7.09. The van der Waals surface area contributed by atoms with Gasteiger partial charge in [0.1, 0.15) is 11.5 Å². The van der Waals surface area contributed by atoms with Crippen molar-refractivity contribution >= 4 is 0 Å². The van der Waals surface area contributed by atoms with Crippen molar-refractivity contribution in [1.82, 2.24) is 5.43 Å². The molecular weight excluding hydrogens is 272 g/mol. The lowest BCUT2D eigenvalue weighted by molar-refractivity contribution is -0.111. The van der Waals surface area contributed by atoms with Gasteiger partial charge in [-0.2, -0.15) is 0 Å². The monoisotopic (exact) mass is 296 g/mol. The van der Waals surface area contributed by atoms with E-state index in [1.807, 2.05) is 18.2 Å². The standard InChI is InChI=1S/C15H24N2O4/c1-18-12-8-11(9-13(10-12)19-2)14(17-16)15(20-3)4-6-21-7-5-15/h8-10,14,17H,4-7,16H2,1-3H3. The fourth-order valence-electron chi connectivity index (χ4n) is 2.88. The van der Waals surface area contributed by atoms with Gasteiger partial charge in [0.25, 0.3) is 0 Å². The highest BCUT2D eigenvalue weighted by Crippen LogP contribution is 2.39. The molecule has 0 bridgehead atoms. The molecule has 1 heterocycles. The van der Waals surface area contributed by atoms with E-state index in [2.05, 4.69) is 5.43 Å². The van der Waals surface area contributed by atoms with E-state index < -0.39 is 5.60 Å². The Hall–Kier alpha value is -1.34. The molecule has 1 aliphatic heterocycles. The molecular formula is C15H24N2O4. The third-order valence-corrected chi connectivity index (χ3v) is 4.15. The number of hydrazine groups is 1. The van der Waals surface area contributed by atoms with E-state index in [-0.39, 0.29) is 6.04 Å². The predicted octanol–water partition coefficient (Wildman–Crippen LogP) is 1.40. The molecule has 1 fully saturated rings. The van der Waals surface area contributed by atoms with Crippen LogP contribution < -0.4 is 20.7 Å². The topological polar surface area (TPSA) is 75.0 Å². The molecule has 6 nitrogen and oxygen atoms in total. The zero-order chi connectivity index (χ0) is 15.3. The number of rotatable bonds is 6. The van der Waals surface area contributed by atoms with Gasteiger partial charge in [-0.3, -0.25) is 11.3 Å². The van der Waals surface area contributed by atoms with Crippen LogP contribution in [0.15, 0.2) is 18.2 Å². The van der Waals surface area contributed by atoms with Gasteiger partial charge < -0.3 is 18.9 Å². The van der Waals surface area contributed by atoms with E-state index >= 15 is 0 Å². The van der Waals surface area contributed by atoms with E-state index in [0.717, 1.165) is 29.9 Å². The van der Waals surface area contributed by atoms with Crippen molar-refractivity contribution in [2.45, 2.75) is 24.5 Å². The predicted molar refractivity (Wildman–Crippen MR) is 79.4 cm³/mol. The third-order valence-electron chi connectivity index (χ3n) is 4.15. The van der Waals surface area contributed by atoms with Crippen LogP contribution in [0.1, 0.15) is 24.4 Å². The van der Waals surface area contributed by atoms with Gasteiger partial charge in [0.15, 0.2) is 0 Å². The number of ether oxygens (including phenoxy) is 4. The molecule has 0 radical (unpaired) electrons. The number of hydrogen-bond donors (Lipinski definition) is 2. The van der Waals surface area contributed by atoms with E-state index in [0.29, 0.717) is 13.2 Å². The van der Waals surface area contributed by atoms with Gasteiger partial charge in [-0.1, -0.05) is 0 Å². The summed E-state index contributed by atoms with van der Waals surface area (Å²) in [5.74, 6) is 7.28. The molecule has 1 unspecified atom stereocenters. The summed E-state index contributed by atoms with van der Waals surface area (Å²) in [6, 6.07) is 5.56. The van der Waals surface area contributed by atoms with Crippen LogP contribution in [0, 0.1) is 0 Å². The van der Waals surface area contributed by atoms with Crippen LogP contribution in [0.3, 0.4) is 0 Å². The molecule has 3 N–H and O–H groups in total. The molecule has 0 aromatic heterocycles. The highest BCUT2D eigenvalue weighted by atomic mass is 16.5. The summed E-state index contributed by atoms with van der Waals surface area (Å²) in [7, 11) is 4.97. The van der Waals surface area contributed by atoms with Gasteiger partial charge in [-0.25, -0.2) is 0 Å². The van der Waals surface area contributed by atoms with Gasteiger partial charge in [-0.05, 0) is 17.7 Å². The van der Waals surface area contributed by atoms with Crippen LogP contribution in [0.4, 0.5) is 0 Å². The van der Waals surface area contributed by atoms with Crippen LogP contribution in [-0.2, 0) is 9.47 Å². The van der Waals surface area contributed by atoms with Crippen LogP contribution in [0.2, 0.25) is 0 Å². The summed E-state index contributed by atoms with van der Waals surface area (Å²) in [6.07, 6.45) is 1.55. The first kappa shape index (κ1) is 16.0. The van der Waals surface area contributed by atoms with Crippen molar-refractivity contribution < 1.29 is 18.9 Å². The summed E-state index contributed by atoms with van der Waals surface area (Å²) in [6.45, 7) is 1.32. The quantitative estimate of drug-likeness (QED) is 0.610. The molecule has 1 saturated heterocycles. The first-order valence-corrected chi connectivity index (χ1v) is 7.01. The molecule has 1 atom stereocenters. The highest BCUT2D eigenvalue weighted by molar-refractivity contribution is 5.40. The Morgan fingerprint density at radius 2 is 1.67 bits per heavy atom. The third kappa shape index (κ3) is 3.29. The lowest BCUT2D eigenvalue weighted by Gasteiger charge is -2.42. The van der Waals surface area contributed by atoms with Crippen LogP contribution in [0.5, 0.6) is 11.5 Å². The first-order valence-electron chi connectivity index (χ1n) is 7.01. The minimum atomic E-state index is -0.398. The fraction of sp³-hybridized carbons (Fsp3) is 0.600. The summed E-state index contributed by atoms with van der Waals surface area (Å²) in [4.78, 5) is 0. The van der Waals surface area contributed by atoms with Crippen LogP contribution in [-0.4, -0.2) is 40.1 Å². The van der Waals surface area contributed by atoms with Crippen molar-refractivity contribution in [2.75, 3.05) is 34.5 Å². The number of hydrogen-bond acceptors (Lipinski definition) is 6. The van der Waals surface area contributed by atoms with Crippen LogP contribution >= 0.6 is 0 Å². The summed E-state index contributed by atoms with van der Waals surface area (Å²) in [5, 5.41) is 0. The number of nitrogens with one attached hydrogen (secondary N) is 1. The average Bonchev–Trinajstić information content (AvgIpc) is 2.55. The highest BCUT2D eigenvalue weighted by Gasteiger charge is 2.41. The second-order valence-electron chi connectivity index (χ2n) is 5.13. The van der Waals surface area contributed by atoms with Crippen molar-refractivity contribution in [3.05, 3.63) is 23.8 Å². The minimum Gasteiger partial charge on any atom is -0.497 e. The summed E-state index contributed by atoms with van der Waals surface area (Å²) in [5.41, 5.74) is 3.46. The van der Waals surface area contributed by atoms with Crippen molar-refractivity contribution in [3.8, 4) is 11.5 Å². The zero-order valence-corrected chi connectivity index (χ0v) is 12.8. The molecule has 2 rings (SSSR count).